The van der Waals surface area contributed by atoms with E-state index in [-0.39, 0.29) is 0 Å². The molecule has 0 saturated carbocycles. The Balaban J connectivity index is 1.79. The Bertz CT molecular complexity index is 979. The standard InChI is InChI=1S/C15H12N4O2S/c1-10-4-2-3-5-12(10)13-17-21-15(20)19(13)9-11-8-18-6-7-22-14(18)16-11/h2-8H,9H2,1H3. The van der Waals surface area contributed by atoms with E-state index in [0.717, 1.165) is 21.8 Å². The molecule has 0 radical (unpaired) electrons. The number of fused-ring (bicyclic) bond motifs is 1. The van der Waals surface area contributed by atoms with E-state index in [1.807, 2.05) is 53.4 Å². The van der Waals surface area contributed by atoms with Crippen molar-refractivity contribution in [1.29, 1.82) is 0 Å². The molecule has 4 rings (SSSR count). The molecule has 0 spiro atoms. The first-order valence-corrected chi connectivity index (χ1v) is 7.64. The second-order valence-electron chi connectivity index (χ2n) is 5.00. The summed E-state index contributed by atoms with van der Waals surface area (Å²) < 4.78 is 8.30. The van der Waals surface area contributed by atoms with Crippen LogP contribution >= 0.6 is 11.3 Å². The lowest BCUT2D eigenvalue weighted by Crippen LogP contribution is -2.16. The van der Waals surface area contributed by atoms with Crippen LogP contribution in [0.5, 0.6) is 0 Å². The average Bonchev–Trinajstić information content (AvgIpc) is 3.17. The number of rotatable bonds is 3. The Kier molecular flexibility index (Phi) is 2.93. The van der Waals surface area contributed by atoms with E-state index < -0.39 is 5.76 Å². The number of aryl methyl sites for hydroxylation is 1. The molecule has 0 amide bonds. The van der Waals surface area contributed by atoms with Crippen molar-refractivity contribution in [1.82, 2.24) is 19.1 Å². The molecule has 0 saturated heterocycles. The van der Waals surface area contributed by atoms with Gasteiger partial charge in [-0.3, -0.25) is 13.5 Å². The van der Waals surface area contributed by atoms with Crippen LogP contribution in [-0.4, -0.2) is 19.1 Å². The summed E-state index contributed by atoms with van der Waals surface area (Å²) in [5.74, 6) is 0.0501. The number of benzene rings is 1. The average molecular weight is 312 g/mol. The van der Waals surface area contributed by atoms with Crippen LogP contribution in [0.15, 0.2) is 51.4 Å². The van der Waals surface area contributed by atoms with Crippen LogP contribution in [0.4, 0.5) is 0 Å². The van der Waals surface area contributed by atoms with E-state index in [1.165, 1.54) is 4.57 Å². The molecule has 4 aromatic rings. The van der Waals surface area contributed by atoms with E-state index in [9.17, 15) is 4.79 Å². The SMILES string of the molecule is Cc1ccccc1-c1noc(=O)n1Cc1cn2ccsc2n1. The minimum absolute atomic E-state index is 0.334. The van der Waals surface area contributed by atoms with Gasteiger partial charge >= 0.3 is 5.76 Å². The minimum atomic E-state index is -0.477. The van der Waals surface area contributed by atoms with E-state index >= 15 is 0 Å². The molecule has 1 aromatic carbocycles. The molecule has 110 valence electrons. The smallest absolute Gasteiger partial charge is 0.297 e. The third-order valence-electron chi connectivity index (χ3n) is 3.54. The highest BCUT2D eigenvalue weighted by Crippen LogP contribution is 2.21. The summed E-state index contributed by atoms with van der Waals surface area (Å²) >= 11 is 1.55. The summed E-state index contributed by atoms with van der Waals surface area (Å²) in [7, 11) is 0. The summed E-state index contributed by atoms with van der Waals surface area (Å²) in [6.45, 7) is 2.31. The van der Waals surface area contributed by atoms with Crippen LogP contribution in [0.3, 0.4) is 0 Å². The van der Waals surface area contributed by atoms with E-state index in [1.54, 1.807) is 11.3 Å². The van der Waals surface area contributed by atoms with E-state index in [0.29, 0.717) is 12.4 Å². The van der Waals surface area contributed by atoms with Crippen LogP contribution < -0.4 is 5.76 Å². The predicted molar refractivity (Wildman–Crippen MR) is 83.1 cm³/mol. The van der Waals surface area contributed by atoms with Crippen LogP contribution in [-0.2, 0) is 6.54 Å². The third kappa shape index (κ3) is 2.06. The van der Waals surface area contributed by atoms with Gasteiger partial charge in [0.25, 0.3) is 0 Å². The first kappa shape index (κ1) is 13.0. The molecule has 22 heavy (non-hydrogen) atoms. The summed E-state index contributed by atoms with van der Waals surface area (Å²) in [4.78, 5) is 17.4. The van der Waals surface area contributed by atoms with Gasteiger partial charge in [-0.05, 0) is 12.5 Å². The number of hydrogen-bond donors (Lipinski definition) is 0. The number of hydrogen-bond acceptors (Lipinski definition) is 5. The van der Waals surface area contributed by atoms with E-state index in [4.69, 9.17) is 4.52 Å². The van der Waals surface area contributed by atoms with Crippen molar-refractivity contribution in [2.45, 2.75) is 13.5 Å². The van der Waals surface area contributed by atoms with E-state index in [2.05, 4.69) is 10.1 Å². The maximum Gasteiger partial charge on any atom is 0.442 e. The van der Waals surface area contributed by atoms with Gasteiger partial charge in [0.2, 0.25) is 0 Å². The zero-order valence-electron chi connectivity index (χ0n) is 11.8. The van der Waals surface area contributed by atoms with Crippen LogP contribution in [0, 0.1) is 6.92 Å². The molecule has 0 fully saturated rings. The monoisotopic (exact) mass is 312 g/mol. The summed E-state index contributed by atoms with van der Waals surface area (Å²) in [5, 5.41) is 5.90. The fourth-order valence-corrected chi connectivity index (χ4v) is 3.16. The lowest BCUT2D eigenvalue weighted by molar-refractivity contribution is 0.378. The Morgan fingerprint density at radius 3 is 3.00 bits per heavy atom. The second-order valence-corrected chi connectivity index (χ2v) is 5.87. The Hall–Kier alpha value is -2.67. The fourth-order valence-electron chi connectivity index (χ4n) is 2.44. The van der Waals surface area contributed by atoms with Crippen LogP contribution in [0.2, 0.25) is 0 Å². The summed E-state index contributed by atoms with van der Waals surface area (Å²) in [6, 6.07) is 7.77. The van der Waals surface area contributed by atoms with Crippen LogP contribution in [0.25, 0.3) is 16.3 Å². The van der Waals surface area contributed by atoms with Crippen molar-refractivity contribution >= 4 is 16.3 Å². The largest absolute Gasteiger partial charge is 0.442 e. The maximum absolute atomic E-state index is 12.0. The van der Waals surface area contributed by atoms with Gasteiger partial charge in [-0.2, -0.15) is 0 Å². The Labute approximate surface area is 129 Å². The molecule has 0 bridgehead atoms. The van der Waals surface area contributed by atoms with Gasteiger partial charge in [-0.25, -0.2) is 9.78 Å². The maximum atomic E-state index is 12.0. The van der Waals surface area contributed by atoms with Gasteiger partial charge in [0.15, 0.2) is 10.8 Å². The van der Waals surface area contributed by atoms with Gasteiger partial charge in [0, 0.05) is 23.3 Å². The zero-order valence-corrected chi connectivity index (χ0v) is 12.6. The molecule has 7 heteroatoms. The molecular weight excluding hydrogens is 300 g/mol. The predicted octanol–water partition coefficient (Wildman–Crippen LogP) is 2.57. The Morgan fingerprint density at radius 1 is 1.32 bits per heavy atom. The van der Waals surface area contributed by atoms with Crippen LogP contribution in [0.1, 0.15) is 11.3 Å². The minimum Gasteiger partial charge on any atom is -0.297 e. The highest BCUT2D eigenvalue weighted by Gasteiger charge is 2.16. The third-order valence-corrected chi connectivity index (χ3v) is 4.31. The zero-order chi connectivity index (χ0) is 15.1. The van der Waals surface area contributed by atoms with Gasteiger partial charge in [0.05, 0.1) is 12.2 Å². The normalized spacial score (nSPS) is 11.3. The molecule has 3 aromatic heterocycles. The second kappa shape index (κ2) is 4.96. The highest BCUT2D eigenvalue weighted by atomic mass is 32.1. The molecule has 0 aliphatic rings. The first-order valence-electron chi connectivity index (χ1n) is 6.76. The summed E-state index contributed by atoms with van der Waals surface area (Å²) in [5.41, 5.74) is 2.72. The van der Waals surface area contributed by atoms with Crippen molar-refractivity contribution < 1.29 is 4.52 Å². The number of thiazole rings is 1. The molecule has 0 unspecified atom stereocenters. The molecule has 0 aliphatic heterocycles. The first-order chi connectivity index (χ1) is 10.7. The van der Waals surface area contributed by atoms with Gasteiger partial charge in [-0.15, -0.1) is 11.3 Å². The molecule has 6 nitrogen and oxygen atoms in total. The van der Waals surface area contributed by atoms with Crippen molar-refractivity contribution in [3.8, 4) is 11.4 Å². The summed E-state index contributed by atoms with van der Waals surface area (Å²) in [6.07, 6.45) is 3.85. The number of aromatic nitrogens is 4. The quantitative estimate of drug-likeness (QED) is 0.583. The van der Waals surface area contributed by atoms with Crippen molar-refractivity contribution in [2.75, 3.05) is 0 Å². The molecule has 0 N–H and O–H groups in total. The van der Waals surface area contributed by atoms with Gasteiger partial charge in [0.1, 0.15) is 0 Å². The highest BCUT2D eigenvalue weighted by molar-refractivity contribution is 7.15. The fraction of sp³-hybridized carbons (Fsp3) is 0.133. The lowest BCUT2D eigenvalue weighted by atomic mass is 10.1. The number of nitrogens with zero attached hydrogens (tertiary/aromatic N) is 4. The van der Waals surface area contributed by atoms with Crippen molar-refractivity contribution in [3.63, 3.8) is 0 Å². The van der Waals surface area contributed by atoms with Gasteiger partial charge < -0.3 is 0 Å². The molecule has 3 heterocycles. The van der Waals surface area contributed by atoms with Crippen molar-refractivity contribution in [2.24, 2.45) is 0 Å². The van der Waals surface area contributed by atoms with Gasteiger partial charge in [-0.1, -0.05) is 29.4 Å². The topological polar surface area (TPSA) is 65.3 Å². The number of imidazole rings is 1. The molecule has 0 aliphatic carbocycles. The molecule has 0 atom stereocenters. The lowest BCUT2D eigenvalue weighted by Gasteiger charge is -2.05. The molecular formula is C15H12N4O2S. The Morgan fingerprint density at radius 2 is 2.18 bits per heavy atom. The van der Waals surface area contributed by atoms with Crippen molar-refractivity contribution in [3.05, 3.63) is 63.8 Å².